The average Bonchev–Trinajstić information content (AvgIpc) is 2.56. The Bertz CT molecular complexity index is 420. The van der Waals surface area contributed by atoms with Crippen molar-refractivity contribution in [3.8, 4) is 0 Å². The van der Waals surface area contributed by atoms with Crippen molar-refractivity contribution in [2.24, 2.45) is 5.73 Å². The minimum atomic E-state index is -0.359. The molecule has 4 heteroatoms. The van der Waals surface area contributed by atoms with Gasteiger partial charge in [-0.15, -0.1) is 17.0 Å². The third kappa shape index (κ3) is 11.6. The van der Waals surface area contributed by atoms with E-state index >= 15 is 0 Å². The molecule has 0 fully saturated rings. The van der Waals surface area contributed by atoms with Crippen LogP contribution in [-0.4, -0.2) is 5.91 Å². The van der Waals surface area contributed by atoms with Gasteiger partial charge in [0.2, 0.25) is 5.91 Å². The van der Waals surface area contributed by atoms with E-state index in [4.69, 9.17) is 5.73 Å². The van der Waals surface area contributed by atoms with Gasteiger partial charge in [0.15, 0.2) is 12.4 Å². The third-order valence-corrected chi connectivity index (χ3v) is 4.45. The summed E-state index contributed by atoms with van der Waals surface area (Å²) in [6.07, 6.45) is 20.4. The van der Waals surface area contributed by atoms with Gasteiger partial charge in [-0.2, -0.15) is 0 Å². The first kappa shape index (κ1) is 23.1. The highest BCUT2D eigenvalue weighted by atomic mass is 79.9. The SMILES string of the molecule is Br.CCCCCCCCCCCCCC[n+]1ccc(C(N)=O)cc1. The molecule has 0 aliphatic carbocycles. The Kier molecular flexibility index (Phi) is 15.0. The van der Waals surface area contributed by atoms with Gasteiger partial charge >= 0.3 is 0 Å². The van der Waals surface area contributed by atoms with Gasteiger partial charge in [0.25, 0.3) is 0 Å². The summed E-state index contributed by atoms with van der Waals surface area (Å²) in [6.45, 7) is 3.30. The first-order chi connectivity index (χ1) is 11.2. The molecule has 1 amide bonds. The van der Waals surface area contributed by atoms with Crippen LogP contribution < -0.4 is 10.3 Å². The lowest BCUT2D eigenvalue weighted by Gasteiger charge is -2.02. The van der Waals surface area contributed by atoms with Crippen molar-refractivity contribution in [1.29, 1.82) is 0 Å². The van der Waals surface area contributed by atoms with E-state index in [0.717, 1.165) is 6.54 Å². The third-order valence-electron chi connectivity index (χ3n) is 4.45. The zero-order valence-corrected chi connectivity index (χ0v) is 17.1. The number of rotatable bonds is 14. The number of amides is 1. The van der Waals surface area contributed by atoms with Crippen molar-refractivity contribution in [2.45, 2.75) is 90.5 Å². The molecule has 1 heterocycles. The molecular formula is C20H36BrN2O+. The summed E-state index contributed by atoms with van der Waals surface area (Å²) in [4.78, 5) is 11.0. The van der Waals surface area contributed by atoms with E-state index in [1.54, 1.807) is 12.1 Å². The summed E-state index contributed by atoms with van der Waals surface area (Å²) < 4.78 is 2.13. The van der Waals surface area contributed by atoms with Crippen LogP contribution in [0.3, 0.4) is 0 Å². The Morgan fingerprint density at radius 1 is 0.833 bits per heavy atom. The summed E-state index contributed by atoms with van der Waals surface area (Å²) in [5.74, 6) is -0.359. The maximum absolute atomic E-state index is 11.0. The minimum absolute atomic E-state index is 0. The molecule has 2 N–H and O–H groups in total. The van der Waals surface area contributed by atoms with Crippen molar-refractivity contribution < 1.29 is 9.36 Å². The fourth-order valence-corrected chi connectivity index (χ4v) is 2.91. The van der Waals surface area contributed by atoms with Crippen LogP contribution in [0.1, 0.15) is 94.3 Å². The maximum Gasteiger partial charge on any atom is 0.249 e. The van der Waals surface area contributed by atoms with Crippen LogP contribution in [0, 0.1) is 0 Å². The predicted octanol–water partition coefficient (Wildman–Crippen LogP) is 5.35. The van der Waals surface area contributed by atoms with E-state index < -0.39 is 0 Å². The number of pyridine rings is 1. The summed E-state index contributed by atoms with van der Waals surface area (Å²) in [6, 6.07) is 3.59. The van der Waals surface area contributed by atoms with Crippen LogP contribution in [0.5, 0.6) is 0 Å². The van der Waals surface area contributed by atoms with Crippen molar-refractivity contribution in [2.75, 3.05) is 0 Å². The molecule has 0 radical (unpaired) electrons. The second-order valence-electron chi connectivity index (χ2n) is 6.58. The number of aromatic nitrogens is 1. The van der Waals surface area contributed by atoms with Crippen LogP contribution >= 0.6 is 17.0 Å². The molecule has 0 aliphatic heterocycles. The monoisotopic (exact) mass is 399 g/mol. The number of primary amides is 1. The largest absolute Gasteiger partial charge is 0.366 e. The zero-order valence-electron chi connectivity index (χ0n) is 15.3. The Hall–Kier alpha value is -0.900. The van der Waals surface area contributed by atoms with E-state index in [1.807, 2.05) is 12.4 Å². The number of nitrogens with two attached hydrogens (primary N) is 1. The summed E-state index contributed by atoms with van der Waals surface area (Å²) in [5, 5.41) is 0. The van der Waals surface area contributed by atoms with E-state index in [-0.39, 0.29) is 22.9 Å². The summed E-state index contributed by atoms with van der Waals surface area (Å²) in [5.41, 5.74) is 5.82. The molecule has 0 saturated heterocycles. The van der Waals surface area contributed by atoms with E-state index in [2.05, 4.69) is 11.5 Å². The van der Waals surface area contributed by atoms with Gasteiger partial charge in [0.1, 0.15) is 6.54 Å². The molecule has 1 rings (SSSR count). The predicted molar refractivity (Wildman–Crippen MR) is 107 cm³/mol. The number of hydrogen-bond donors (Lipinski definition) is 1. The van der Waals surface area contributed by atoms with Crippen LogP contribution in [-0.2, 0) is 6.54 Å². The van der Waals surface area contributed by atoms with E-state index in [0.29, 0.717) is 5.56 Å². The van der Waals surface area contributed by atoms with Crippen molar-refractivity contribution in [3.05, 3.63) is 30.1 Å². The lowest BCUT2D eigenvalue weighted by molar-refractivity contribution is -0.697. The first-order valence-electron chi connectivity index (χ1n) is 9.53. The molecule has 0 unspecified atom stereocenters. The molecule has 1 aromatic rings. The molecule has 0 saturated carbocycles. The average molecular weight is 400 g/mol. The molecular weight excluding hydrogens is 364 g/mol. The number of unbranched alkanes of at least 4 members (excludes halogenated alkanes) is 11. The molecule has 0 spiro atoms. The molecule has 1 aromatic heterocycles. The molecule has 138 valence electrons. The number of hydrogen-bond acceptors (Lipinski definition) is 1. The van der Waals surface area contributed by atoms with Crippen LogP contribution in [0.4, 0.5) is 0 Å². The Morgan fingerprint density at radius 3 is 1.67 bits per heavy atom. The Morgan fingerprint density at radius 2 is 1.25 bits per heavy atom. The highest BCUT2D eigenvalue weighted by molar-refractivity contribution is 8.93. The summed E-state index contributed by atoms with van der Waals surface area (Å²) >= 11 is 0. The van der Waals surface area contributed by atoms with Gasteiger partial charge in [-0.3, -0.25) is 4.79 Å². The van der Waals surface area contributed by atoms with E-state index in [9.17, 15) is 4.79 Å². The molecule has 0 aliphatic rings. The molecule has 0 aromatic carbocycles. The van der Waals surface area contributed by atoms with Crippen molar-refractivity contribution in [1.82, 2.24) is 0 Å². The number of carbonyl (C=O) groups is 1. The smallest absolute Gasteiger partial charge is 0.249 e. The van der Waals surface area contributed by atoms with Gasteiger partial charge < -0.3 is 5.73 Å². The first-order valence-corrected chi connectivity index (χ1v) is 9.53. The van der Waals surface area contributed by atoms with Crippen LogP contribution in [0.15, 0.2) is 24.5 Å². The lowest BCUT2D eigenvalue weighted by atomic mass is 10.1. The highest BCUT2D eigenvalue weighted by Crippen LogP contribution is 2.11. The minimum Gasteiger partial charge on any atom is -0.366 e. The fraction of sp³-hybridized carbons (Fsp3) is 0.700. The standard InChI is InChI=1S/C20H34N2O.BrH/c1-2-3-4-5-6-7-8-9-10-11-12-13-16-22-17-14-19(15-18-22)20(21)23;/h14-15,17-18H,2-13,16H2,1H3,(H-,21,23);1H/p+1. The second-order valence-corrected chi connectivity index (χ2v) is 6.58. The van der Waals surface area contributed by atoms with Crippen molar-refractivity contribution >= 4 is 22.9 Å². The molecule has 24 heavy (non-hydrogen) atoms. The fourth-order valence-electron chi connectivity index (χ4n) is 2.91. The number of nitrogens with zero attached hydrogens (tertiary/aromatic N) is 1. The van der Waals surface area contributed by atoms with E-state index in [1.165, 1.54) is 77.0 Å². The number of carbonyl (C=O) groups excluding carboxylic acids is 1. The van der Waals surface area contributed by atoms with Gasteiger partial charge in [0.05, 0.1) is 5.56 Å². The highest BCUT2D eigenvalue weighted by Gasteiger charge is 2.04. The second kappa shape index (κ2) is 15.6. The Balaban J connectivity index is 0.00000529. The normalized spacial score (nSPS) is 10.4. The zero-order chi connectivity index (χ0) is 16.8. The van der Waals surface area contributed by atoms with Gasteiger partial charge in [-0.05, 0) is 6.42 Å². The van der Waals surface area contributed by atoms with Gasteiger partial charge in [-0.1, -0.05) is 71.1 Å². The van der Waals surface area contributed by atoms with Gasteiger partial charge in [0, 0.05) is 18.6 Å². The topological polar surface area (TPSA) is 47.0 Å². The quantitative estimate of drug-likeness (QED) is 0.332. The van der Waals surface area contributed by atoms with Crippen molar-refractivity contribution in [3.63, 3.8) is 0 Å². The van der Waals surface area contributed by atoms with Crippen LogP contribution in [0.25, 0.3) is 0 Å². The Labute approximate surface area is 158 Å². The van der Waals surface area contributed by atoms with Gasteiger partial charge in [-0.25, -0.2) is 4.57 Å². The lowest BCUT2D eigenvalue weighted by Crippen LogP contribution is -2.33. The summed E-state index contributed by atoms with van der Waals surface area (Å²) in [7, 11) is 0. The molecule has 0 bridgehead atoms. The number of aryl methyl sites for hydroxylation is 1. The maximum atomic E-state index is 11.0. The molecule has 0 atom stereocenters. The molecule has 3 nitrogen and oxygen atoms in total. The number of halogens is 1. The van der Waals surface area contributed by atoms with Crippen LogP contribution in [0.2, 0.25) is 0 Å².